The number of nitrogens with one attached hydrogen (secondary N) is 1. The third-order valence-corrected chi connectivity index (χ3v) is 2.68. The lowest BCUT2D eigenvalue weighted by atomic mass is 10.3. The Labute approximate surface area is 105 Å². The highest BCUT2D eigenvalue weighted by atomic mass is 79.9. The molecule has 16 heavy (non-hydrogen) atoms. The Balaban J connectivity index is 2.23. The molecule has 2 aromatic rings. The summed E-state index contributed by atoms with van der Waals surface area (Å²) in [6, 6.07) is 7.64. The van der Waals surface area contributed by atoms with Crippen LogP contribution in [-0.4, -0.2) is 10.2 Å². The topological polar surface area (TPSA) is 37.8 Å². The van der Waals surface area contributed by atoms with E-state index >= 15 is 0 Å². The van der Waals surface area contributed by atoms with Crippen LogP contribution in [0, 0.1) is 5.82 Å². The van der Waals surface area contributed by atoms with E-state index in [1.807, 2.05) is 0 Å². The Morgan fingerprint density at radius 2 is 2.00 bits per heavy atom. The van der Waals surface area contributed by atoms with Crippen LogP contribution in [-0.2, 0) is 0 Å². The second kappa shape index (κ2) is 4.76. The molecule has 0 radical (unpaired) electrons. The quantitative estimate of drug-likeness (QED) is 0.917. The summed E-state index contributed by atoms with van der Waals surface area (Å²) in [6.45, 7) is 0. The molecule has 1 N–H and O–H groups in total. The maximum absolute atomic E-state index is 12.8. The highest BCUT2D eigenvalue weighted by Crippen LogP contribution is 2.25. The second-order valence-corrected chi connectivity index (χ2v) is 4.23. The fourth-order valence-corrected chi connectivity index (χ4v) is 1.66. The summed E-state index contributed by atoms with van der Waals surface area (Å²) < 4.78 is 13.5. The summed E-state index contributed by atoms with van der Waals surface area (Å²) in [6.07, 6.45) is 0. The number of benzene rings is 1. The number of aromatic nitrogens is 2. The SMILES string of the molecule is Fc1ccc(Nc2ccc(Cl)nn2)c(Br)c1. The van der Waals surface area contributed by atoms with E-state index in [1.165, 1.54) is 12.1 Å². The van der Waals surface area contributed by atoms with Crippen LogP contribution >= 0.6 is 27.5 Å². The molecule has 1 heterocycles. The Morgan fingerprint density at radius 1 is 1.19 bits per heavy atom. The summed E-state index contributed by atoms with van der Waals surface area (Å²) in [5.74, 6) is 0.233. The molecule has 1 aromatic heterocycles. The van der Waals surface area contributed by atoms with Gasteiger partial charge in [0.2, 0.25) is 0 Å². The van der Waals surface area contributed by atoms with Gasteiger partial charge in [0.25, 0.3) is 0 Å². The Kier molecular flexibility index (Phi) is 3.36. The van der Waals surface area contributed by atoms with Crippen molar-refractivity contribution in [3.05, 3.63) is 45.8 Å². The number of rotatable bonds is 2. The first-order chi connectivity index (χ1) is 7.65. The van der Waals surface area contributed by atoms with Gasteiger partial charge in [0.1, 0.15) is 5.82 Å². The van der Waals surface area contributed by atoms with E-state index in [9.17, 15) is 4.39 Å². The van der Waals surface area contributed by atoms with Crippen LogP contribution in [0.3, 0.4) is 0 Å². The van der Waals surface area contributed by atoms with Crippen LogP contribution in [0.2, 0.25) is 5.15 Å². The zero-order valence-electron chi connectivity index (χ0n) is 7.92. The smallest absolute Gasteiger partial charge is 0.153 e. The monoisotopic (exact) mass is 301 g/mol. The molecule has 82 valence electrons. The normalized spacial score (nSPS) is 10.2. The first-order valence-electron chi connectivity index (χ1n) is 4.36. The Morgan fingerprint density at radius 3 is 2.62 bits per heavy atom. The molecule has 0 aliphatic carbocycles. The standard InChI is InChI=1S/C10H6BrClFN3/c11-7-5-6(13)1-2-8(7)14-10-4-3-9(12)15-16-10/h1-5H,(H,14,16). The van der Waals surface area contributed by atoms with Crippen molar-refractivity contribution >= 4 is 39.0 Å². The van der Waals surface area contributed by atoms with Crippen LogP contribution in [0.5, 0.6) is 0 Å². The van der Waals surface area contributed by atoms with Gasteiger partial charge in [0.15, 0.2) is 11.0 Å². The molecule has 0 bridgehead atoms. The van der Waals surface area contributed by atoms with E-state index in [0.29, 0.717) is 21.1 Å². The minimum atomic E-state index is -0.306. The predicted octanol–water partition coefficient (Wildman–Crippen LogP) is 3.78. The van der Waals surface area contributed by atoms with Crippen molar-refractivity contribution in [2.75, 3.05) is 5.32 Å². The number of nitrogens with zero attached hydrogens (tertiary/aromatic N) is 2. The number of halogens is 3. The summed E-state index contributed by atoms with van der Waals surface area (Å²) in [5, 5.41) is 10.8. The number of hydrogen-bond acceptors (Lipinski definition) is 3. The molecule has 2 rings (SSSR count). The summed E-state index contributed by atoms with van der Waals surface area (Å²) in [5.41, 5.74) is 0.707. The molecule has 0 unspecified atom stereocenters. The largest absolute Gasteiger partial charge is 0.338 e. The average molecular weight is 303 g/mol. The third kappa shape index (κ3) is 2.68. The zero-order valence-corrected chi connectivity index (χ0v) is 10.3. The molecule has 0 saturated heterocycles. The van der Waals surface area contributed by atoms with Gasteiger partial charge in [0.05, 0.1) is 5.69 Å². The fraction of sp³-hybridized carbons (Fsp3) is 0. The van der Waals surface area contributed by atoms with E-state index in [0.717, 1.165) is 0 Å². The maximum Gasteiger partial charge on any atom is 0.153 e. The highest BCUT2D eigenvalue weighted by Gasteiger charge is 2.02. The lowest BCUT2D eigenvalue weighted by Crippen LogP contribution is -1.96. The third-order valence-electron chi connectivity index (χ3n) is 1.83. The molecule has 0 spiro atoms. The van der Waals surface area contributed by atoms with Crippen molar-refractivity contribution in [2.45, 2.75) is 0 Å². The van der Waals surface area contributed by atoms with Gasteiger partial charge in [-0.05, 0) is 46.3 Å². The van der Waals surface area contributed by atoms with Crippen LogP contribution in [0.1, 0.15) is 0 Å². The van der Waals surface area contributed by atoms with Crippen molar-refractivity contribution in [1.82, 2.24) is 10.2 Å². The minimum absolute atomic E-state index is 0.306. The molecule has 1 aromatic carbocycles. The summed E-state index contributed by atoms with van der Waals surface area (Å²) >= 11 is 8.85. The molecule has 0 aliphatic rings. The molecule has 6 heteroatoms. The molecule has 0 saturated carbocycles. The molecule has 0 amide bonds. The molecular formula is C10H6BrClFN3. The van der Waals surface area contributed by atoms with Crippen molar-refractivity contribution in [1.29, 1.82) is 0 Å². The zero-order chi connectivity index (χ0) is 11.5. The van der Waals surface area contributed by atoms with Gasteiger partial charge in [-0.2, -0.15) is 0 Å². The van der Waals surface area contributed by atoms with E-state index in [1.54, 1.807) is 18.2 Å². The molecule has 0 atom stereocenters. The van der Waals surface area contributed by atoms with Crippen LogP contribution in [0.4, 0.5) is 15.9 Å². The number of hydrogen-bond donors (Lipinski definition) is 1. The fourth-order valence-electron chi connectivity index (χ4n) is 1.11. The molecular weight excluding hydrogens is 296 g/mol. The lowest BCUT2D eigenvalue weighted by Gasteiger charge is -2.06. The van der Waals surface area contributed by atoms with Crippen molar-refractivity contribution in [2.24, 2.45) is 0 Å². The van der Waals surface area contributed by atoms with Crippen LogP contribution in [0.25, 0.3) is 0 Å². The molecule has 0 fully saturated rings. The summed E-state index contributed by atoms with van der Waals surface area (Å²) in [4.78, 5) is 0. The first-order valence-corrected chi connectivity index (χ1v) is 5.53. The van der Waals surface area contributed by atoms with E-state index in [2.05, 4.69) is 31.4 Å². The van der Waals surface area contributed by atoms with E-state index < -0.39 is 0 Å². The number of anilines is 2. The van der Waals surface area contributed by atoms with E-state index in [-0.39, 0.29) is 5.82 Å². The van der Waals surface area contributed by atoms with E-state index in [4.69, 9.17) is 11.6 Å². The van der Waals surface area contributed by atoms with Gasteiger partial charge in [-0.3, -0.25) is 0 Å². The predicted molar refractivity (Wildman–Crippen MR) is 64.4 cm³/mol. The molecule has 0 aliphatic heterocycles. The highest BCUT2D eigenvalue weighted by molar-refractivity contribution is 9.10. The van der Waals surface area contributed by atoms with Gasteiger partial charge in [0, 0.05) is 4.47 Å². The van der Waals surface area contributed by atoms with Crippen molar-refractivity contribution < 1.29 is 4.39 Å². The van der Waals surface area contributed by atoms with Crippen molar-refractivity contribution in [3.8, 4) is 0 Å². The van der Waals surface area contributed by atoms with Gasteiger partial charge in [-0.25, -0.2) is 4.39 Å². The molecule has 3 nitrogen and oxygen atoms in total. The lowest BCUT2D eigenvalue weighted by molar-refractivity contribution is 0.627. The first kappa shape index (κ1) is 11.3. The van der Waals surface area contributed by atoms with Gasteiger partial charge in [-0.1, -0.05) is 11.6 Å². The van der Waals surface area contributed by atoms with Crippen LogP contribution in [0.15, 0.2) is 34.8 Å². The summed E-state index contributed by atoms with van der Waals surface area (Å²) in [7, 11) is 0. The van der Waals surface area contributed by atoms with Crippen molar-refractivity contribution in [3.63, 3.8) is 0 Å². The Hall–Kier alpha value is -1.20. The Bertz CT molecular complexity index is 504. The van der Waals surface area contributed by atoms with Crippen LogP contribution < -0.4 is 5.32 Å². The van der Waals surface area contributed by atoms with Gasteiger partial charge in [-0.15, -0.1) is 10.2 Å². The average Bonchev–Trinajstić information content (AvgIpc) is 2.25. The minimum Gasteiger partial charge on any atom is -0.338 e. The van der Waals surface area contributed by atoms with Gasteiger partial charge < -0.3 is 5.32 Å². The van der Waals surface area contributed by atoms with Gasteiger partial charge >= 0.3 is 0 Å². The second-order valence-electron chi connectivity index (χ2n) is 2.99. The maximum atomic E-state index is 12.8.